The fourth-order valence-electron chi connectivity index (χ4n) is 1.61. The van der Waals surface area contributed by atoms with Crippen LogP contribution >= 0.6 is 15.9 Å². The Kier molecular flexibility index (Phi) is 3.83. The molecule has 0 aromatic carbocycles. The van der Waals surface area contributed by atoms with Crippen molar-refractivity contribution in [3.05, 3.63) is 22.6 Å². The molecule has 1 N–H and O–H groups in total. The molecule has 1 fully saturated rings. The molecule has 1 aromatic heterocycles. The van der Waals surface area contributed by atoms with Crippen molar-refractivity contribution in [2.24, 2.45) is 0 Å². The molecule has 0 radical (unpaired) electrons. The van der Waals surface area contributed by atoms with Crippen molar-refractivity contribution in [1.29, 1.82) is 0 Å². The SMILES string of the molecule is CN(CCNCc1ccc(Br)o1)C1CC1. The van der Waals surface area contributed by atoms with E-state index in [0.29, 0.717) is 0 Å². The predicted octanol–water partition coefficient (Wildman–Crippen LogP) is 2.23. The predicted molar refractivity (Wildman–Crippen MR) is 63.8 cm³/mol. The lowest BCUT2D eigenvalue weighted by molar-refractivity contribution is 0.319. The summed E-state index contributed by atoms with van der Waals surface area (Å²) < 4.78 is 6.19. The van der Waals surface area contributed by atoms with E-state index in [1.54, 1.807) is 0 Å². The van der Waals surface area contributed by atoms with E-state index in [9.17, 15) is 0 Å². The summed E-state index contributed by atoms with van der Waals surface area (Å²) in [4.78, 5) is 2.42. The van der Waals surface area contributed by atoms with Crippen molar-refractivity contribution in [1.82, 2.24) is 10.2 Å². The normalized spacial score (nSPS) is 16.2. The molecule has 1 saturated carbocycles. The molecule has 2 rings (SSSR count). The molecule has 3 nitrogen and oxygen atoms in total. The Morgan fingerprint density at radius 2 is 2.33 bits per heavy atom. The van der Waals surface area contributed by atoms with E-state index in [1.165, 1.54) is 12.8 Å². The minimum absolute atomic E-state index is 0.800. The Bertz CT molecular complexity index is 309. The molecule has 0 atom stereocenters. The fourth-order valence-corrected chi connectivity index (χ4v) is 1.95. The maximum Gasteiger partial charge on any atom is 0.169 e. The molecule has 4 heteroatoms. The average molecular weight is 273 g/mol. The molecule has 1 aromatic rings. The van der Waals surface area contributed by atoms with Gasteiger partial charge in [-0.15, -0.1) is 0 Å². The first-order valence-corrected chi connectivity index (χ1v) is 6.20. The zero-order valence-electron chi connectivity index (χ0n) is 9.00. The third-order valence-electron chi connectivity index (χ3n) is 2.74. The molecular formula is C11H17BrN2O. The Hall–Kier alpha value is -0.320. The minimum Gasteiger partial charge on any atom is -0.453 e. The molecule has 0 spiro atoms. The maximum absolute atomic E-state index is 5.39. The van der Waals surface area contributed by atoms with Crippen molar-refractivity contribution in [2.45, 2.75) is 25.4 Å². The van der Waals surface area contributed by atoms with E-state index < -0.39 is 0 Å². The van der Waals surface area contributed by atoms with E-state index >= 15 is 0 Å². The zero-order valence-corrected chi connectivity index (χ0v) is 10.6. The smallest absolute Gasteiger partial charge is 0.169 e. The second-order valence-electron chi connectivity index (χ2n) is 4.09. The van der Waals surface area contributed by atoms with Crippen molar-refractivity contribution in [2.75, 3.05) is 20.1 Å². The van der Waals surface area contributed by atoms with Crippen molar-refractivity contribution in [3.8, 4) is 0 Å². The molecule has 0 saturated heterocycles. The van der Waals surface area contributed by atoms with Gasteiger partial charge in [-0.3, -0.25) is 0 Å². The first-order valence-electron chi connectivity index (χ1n) is 5.41. The number of halogens is 1. The molecule has 84 valence electrons. The van der Waals surface area contributed by atoms with Gasteiger partial charge in [0.05, 0.1) is 6.54 Å². The van der Waals surface area contributed by atoms with Crippen LogP contribution in [0.5, 0.6) is 0 Å². The number of hydrogen-bond donors (Lipinski definition) is 1. The number of rotatable bonds is 6. The largest absolute Gasteiger partial charge is 0.453 e. The fraction of sp³-hybridized carbons (Fsp3) is 0.636. The van der Waals surface area contributed by atoms with Gasteiger partial charge in [-0.25, -0.2) is 0 Å². The summed E-state index contributed by atoms with van der Waals surface area (Å²) in [6.07, 6.45) is 2.75. The van der Waals surface area contributed by atoms with Crippen molar-refractivity contribution < 1.29 is 4.42 Å². The Labute approximate surface area is 99.0 Å². The van der Waals surface area contributed by atoms with Gasteiger partial charge in [0.15, 0.2) is 4.67 Å². The number of nitrogens with zero attached hydrogens (tertiary/aromatic N) is 1. The lowest BCUT2D eigenvalue weighted by atomic mass is 10.4. The highest BCUT2D eigenvalue weighted by Gasteiger charge is 2.25. The van der Waals surface area contributed by atoms with Crippen LogP contribution in [0.15, 0.2) is 21.2 Å². The van der Waals surface area contributed by atoms with E-state index in [0.717, 1.165) is 36.1 Å². The second kappa shape index (κ2) is 5.14. The number of likely N-dealkylation sites (N-methyl/N-ethyl adjacent to an activating group) is 1. The topological polar surface area (TPSA) is 28.4 Å². The molecule has 0 amide bonds. The van der Waals surface area contributed by atoms with Gasteiger partial charge in [0, 0.05) is 19.1 Å². The maximum atomic E-state index is 5.39. The summed E-state index contributed by atoms with van der Waals surface area (Å²) in [7, 11) is 2.20. The van der Waals surface area contributed by atoms with Gasteiger partial charge in [-0.05, 0) is 48.0 Å². The van der Waals surface area contributed by atoms with Gasteiger partial charge >= 0.3 is 0 Å². The summed E-state index contributed by atoms with van der Waals surface area (Å²) in [5, 5.41) is 3.37. The summed E-state index contributed by atoms with van der Waals surface area (Å²) in [5.41, 5.74) is 0. The lowest BCUT2D eigenvalue weighted by Gasteiger charge is -2.15. The molecule has 15 heavy (non-hydrogen) atoms. The van der Waals surface area contributed by atoms with Crippen LogP contribution in [0.25, 0.3) is 0 Å². The van der Waals surface area contributed by atoms with Crippen molar-refractivity contribution >= 4 is 15.9 Å². The van der Waals surface area contributed by atoms with Crippen LogP contribution in [-0.2, 0) is 6.54 Å². The second-order valence-corrected chi connectivity index (χ2v) is 4.88. The standard InChI is InChI=1S/C11H17BrN2O/c1-14(9-2-3-9)7-6-13-8-10-4-5-11(12)15-10/h4-5,9,13H,2-3,6-8H2,1H3. The van der Waals surface area contributed by atoms with Gasteiger partial charge in [-0.2, -0.15) is 0 Å². The van der Waals surface area contributed by atoms with Gasteiger partial charge < -0.3 is 14.6 Å². The third-order valence-corrected chi connectivity index (χ3v) is 3.17. The molecule has 0 unspecified atom stereocenters. The highest BCUT2D eigenvalue weighted by Crippen LogP contribution is 2.24. The van der Waals surface area contributed by atoms with Gasteiger partial charge in [-0.1, -0.05) is 0 Å². The lowest BCUT2D eigenvalue weighted by Crippen LogP contribution is -2.30. The minimum atomic E-state index is 0.800. The molecule has 0 aliphatic heterocycles. The molecule has 0 bridgehead atoms. The van der Waals surface area contributed by atoms with E-state index in [-0.39, 0.29) is 0 Å². The Morgan fingerprint density at radius 3 is 2.93 bits per heavy atom. The number of furan rings is 1. The van der Waals surface area contributed by atoms with Gasteiger partial charge in [0.1, 0.15) is 5.76 Å². The number of hydrogen-bond acceptors (Lipinski definition) is 3. The summed E-state index contributed by atoms with van der Waals surface area (Å²) >= 11 is 3.29. The average Bonchev–Trinajstić information content (AvgIpc) is 2.98. The third kappa shape index (κ3) is 3.63. The first kappa shape index (κ1) is 11.2. The molecule has 1 heterocycles. The Balaban J connectivity index is 1.58. The summed E-state index contributed by atoms with van der Waals surface area (Å²) in [5.74, 6) is 0.982. The summed E-state index contributed by atoms with van der Waals surface area (Å²) in [6.45, 7) is 2.95. The van der Waals surface area contributed by atoms with E-state index in [1.807, 2.05) is 12.1 Å². The van der Waals surface area contributed by atoms with Gasteiger partial charge in [0.25, 0.3) is 0 Å². The van der Waals surface area contributed by atoms with Crippen LogP contribution in [-0.4, -0.2) is 31.1 Å². The molecule has 1 aliphatic rings. The van der Waals surface area contributed by atoms with E-state index in [2.05, 4.69) is 33.2 Å². The quantitative estimate of drug-likeness (QED) is 0.806. The summed E-state index contributed by atoms with van der Waals surface area (Å²) in [6, 6.07) is 4.76. The van der Waals surface area contributed by atoms with E-state index in [4.69, 9.17) is 4.42 Å². The highest BCUT2D eigenvalue weighted by atomic mass is 79.9. The van der Waals surface area contributed by atoms with Crippen LogP contribution in [0.2, 0.25) is 0 Å². The van der Waals surface area contributed by atoms with Crippen LogP contribution in [0.4, 0.5) is 0 Å². The molecule has 1 aliphatic carbocycles. The first-order chi connectivity index (χ1) is 7.25. The van der Waals surface area contributed by atoms with Crippen LogP contribution < -0.4 is 5.32 Å². The monoisotopic (exact) mass is 272 g/mol. The van der Waals surface area contributed by atoms with Crippen molar-refractivity contribution in [3.63, 3.8) is 0 Å². The zero-order chi connectivity index (χ0) is 10.7. The van der Waals surface area contributed by atoms with Crippen LogP contribution in [0, 0.1) is 0 Å². The van der Waals surface area contributed by atoms with Crippen LogP contribution in [0.3, 0.4) is 0 Å². The van der Waals surface area contributed by atoms with Crippen LogP contribution in [0.1, 0.15) is 18.6 Å². The highest BCUT2D eigenvalue weighted by molar-refractivity contribution is 9.10. The number of nitrogens with one attached hydrogen (secondary N) is 1. The molecular weight excluding hydrogens is 256 g/mol. The Morgan fingerprint density at radius 1 is 1.53 bits per heavy atom. The van der Waals surface area contributed by atoms with Gasteiger partial charge in [0.2, 0.25) is 0 Å².